The maximum absolute atomic E-state index is 11.5. The van der Waals surface area contributed by atoms with Gasteiger partial charge in [0.1, 0.15) is 5.69 Å². The van der Waals surface area contributed by atoms with Gasteiger partial charge < -0.3 is 14.7 Å². The number of nitrogens with zero attached hydrogens (tertiary/aromatic N) is 3. The third-order valence-electron chi connectivity index (χ3n) is 4.44. The number of aromatic nitrogens is 2. The first-order chi connectivity index (χ1) is 12.4. The van der Waals surface area contributed by atoms with Crippen molar-refractivity contribution < 1.29 is 10.0 Å². The molecule has 4 rings (SSSR count). The number of nitroso groups, excluding NO2 is 1. The predicted octanol–water partition coefficient (Wildman–Crippen LogP) is 5.10. The predicted molar refractivity (Wildman–Crippen MR) is 102 cm³/mol. The summed E-state index contributed by atoms with van der Waals surface area (Å²) in [6.45, 7) is 0. The molecule has 0 aliphatic carbocycles. The minimum Gasteiger partial charge on any atom is -0.494 e. The van der Waals surface area contributed by atoms with Gasteiger partial charge in [0.2, 0.25) is 5.88 Å². The number of nitro benzene ring substituents is 1. The van der Waals surface area contributed by atoms with Crippen LogP contribution in [0.4, 0.5) is 11.4 Å². The number of aromatic amines is 1. The zero-order chi connectivity index (χ0) is 18.6. The van der Waals surface area contributed by atoms with E-state index in [1.54, 1.807) is 25.2 Å². The van der Waals surface area contributed by atoms with E-state index in [0.29, 0.717) is 33.1 Å². The molecule has 2 aromatic carbocycles. The molecule has 0 unspecified atom stereocenters. The number of halogens is 1. The van der Waals surface area contributed by atoms with Gasteiger partial charge in [-0.1, -0.05) is 15.9 Å². The maximum Gasteiger partial charge on any atom is 0.270 e. The molecule has 0 bridgehead atoms. The molecule has 0 spiro atoms. The molecule has 2 aromatic heterocycles. The van der Waals surface area contributed by atoms with E-state index in [0.717, 1.165) is 4.47 Å². The van der Waals surface area contributed by atoms with Gasteiger partial charge in [-0.2, -0.15) is 0 Å². The van der Waals surface area contributed by atoms with Gasteiger partial charge in [-0.15, -0.1) is 4.91 Å². The monoisotopic (exact) mass is 414 g/mol. The van der Waals surface area contributed by atoms with Crippen LogP contribution in [0, 0.1) is 15.0 Å². The van der Waals surface area contributed by atoms with Crippen molar-refractivity contribution in [1.29, 1.82) is 0 Å². The molecule has 2 heterocycles. The first kappa shape index (κ1) is 16.3. The smallest absolute Gasteiger partial charge is 0.270 e. The van der Waals surface area contributed by atoms with E-state index in [1.165, 1.54) is 16.7 Å². The lowest BCUT2D eigenvalue weighted by Crippen LogP contribution is -1.88. The molecule has 9 heteroatoms. The lowest BCUT2D eigenvalue weighted by atomic mass is 10.1. The van der Waals surface area contributed by atoms with E-state index >= 15 is 0 Å². The van der Waals surface area contributed by atoms with E-state index in [1.807, 2.05) is 6.07 Å². The van der Waals surface area contributed by atoms with Gasteiger partial charge in [0.05, 0.1) is 21.7 Å². The molecule has 0 fully saturated rings. The average Bonchev–Trinajstić information content (AvgIpc) is 3.09. The molecule has 0 atom stereocenters. The second kappa shape index (κ2) is 5.67. The molecule has 0 amide bonds. The van der Waals surface area contributed by atoms with Crippen LogP contribution in [0.15, 0.2) is 46.0 Å². The van der Waals surface area contributed by atoms with Crippen LogP contribution in [-0.2, 0) is 7.05 Å². The molecular formula is C17H11BrN4O4. The highest BCUT2D eigenvalue weighted by atomic mass is 79.9. The number of hydrogen-bond donors (Lipinski definition) is 2. The average molecular weight is 415 g/mol. The Kier molecular flexibility index (Phi) is 3.55. The molecule has 26 heavy (non-hydrogen) atoms. The van der Waals surface area contributed by atoms with Gasteiger partial charge in [0.25, 0.3) is 5.69 Å². The molecule has 0 saturated carbocycles. The Hall–Kier alpha value is -3.20. The van der Waals surface area contributed by atoms with Crippen molar-refractivity contribution >= 4 is 49.1 Å². The van der Waals surface area contributed by atoms with Crippen LogP contribution in [0.5, 0.6) is 5.88 Å². The van der Waals surface area contributed by atoms with E-state index in [4.69, 9.17) is 0 Å². The number of nitro groups is 1. The second-order valence-electron chi connectivity index (χ2n) is 5.85. The normalized spacial score (nSPS) is 11.3. The quantitative estimate of drug-likeness (QED) is 0.275. The first-order valence-corrected chi connectivity index (χ1v) is 8.32. The van der Waals surface area contributed by atoms with Crippen LogP contribution in [0.25, 0.3) is 33.1 Å². The lowest BCUT2D eigenvalue weighted by Gasteiger charge is -1.99. The second-order valence-corrected chi connectivity index (χ2v) is 6.76. The SMILES string of the molecule is Cn1c(O)c(-c2[nH]c3ccc(Br)cc3c2N=O)c2cc([N+](=O)[O-])ccc21. The highest BCUT2D eigenvalue weighted by Gasteiger charge is 2.24. The Morgan fingerprint density at radius 3 is 2.69 bits per heavy atom. The summed E-state index contributed by atoms with van der Waals surface area (Å²) >= 11 is 3.36. The summed E-state index contributed by atoms with van der Waals surface area (Å²) in [7, 11) is 1.64. The Morgan fingerprint density at radius 1 is 1.23 bits per heavy atom. The van der Waals surface area contributed by atoms with Crippen molar-refractivity contribution in [2.75, 3.05) is 0 Å². The summed E-state index contributed by atoms with van der Waals surface area (Å²) in [5.41, 5.74) is 1.91. The summed E-state index contributed by atoms with van der Waals surface area (Å²) in [6, 6.07) is 9.64. The molecular weight excluding hydrogens is 404 g/mol. The van der Waals surface area contributed by atoms with Gasteiger partial charge >= 0.3 is 0 Å². The van der Waals surface area contributed by atoms with E-state index in [-0.39, 0.29) is 17.3 Å². The lowest BCUT2D eigenvalue weighted by molar-refractivity contribution is -0.384. The number of hydrogen-bond acceptors (Lipinski definition) is 5. The molecule has 0 aliphatic heterocycles. The van der Waals surface area contributed by atoms with Crippen LogP contribution < -0.4 is 0 Å². The Balaban J connectivity index is 2.13. The summed E-state index contributed by atoms with van der Waals surface area (Å²) in [4.78, 5) is 25.3. The van der Waals surface area contributed by atoms with Gasteiger partial charge in [-0.25, -0.2) is 0 Å². The van der Waals surface area contributed by atoms with Gasteiger partial charge in [0.15, 0.2) is 0 Å². The van der Waals surface area contributed by atoms with Crippen molar-refractivity contribution in [1.82, 2.24) is 9.55 Å². The number of benzene rings is 2. The molecule has 0 aliphatic rings. The highest BCUT2D eigenvalue weighted by molar-refractivity contribution is 9.10. The number of H-pyrrole nitrogens is 1. The number of aryl methyl sites for hydroxylation is 1. The maximum atomic E-state index is 11.5. The van der Waals surface area contributed by atoms with Crippen LogP contribution >= 0.6 is 15.9 Å². The summed E-state index contributed by atoms with van der Waals surface area (Å²) in [5.74, 6) is -0.115. The zero-order valence-corrected chi connectivity index (χ0v) is 14.9. The molecule has 2 N–H and O–H groups in total. The van der Waals surface area contributed by atoms with Gasteiger partial charge in [0, 0.05) is 39.9 Å². The zero-order valence-electron chi connectivity index (χ0n) is 13.4. The molecule has 0 saturated heterocycles. The summed E-state index contributed by atoms with van der Waals surface area (Å²) in [5, 5.41) is 25.9. The number of non-ortho nitro benzene ring substituents is 1. The fourth-order valence-electron chi connectivity index (χ4n) is 3.20. The van der Waals surface area contributed by atoms with Gasteiger partial charge in [-0.3, -0.25) is 10.1 Å². The van der Waals surface area contributed by atoms with Crippen molar-refractivity contribution in [2.45, 2.75) is 0 Å². The number of fused-ring (bicyclic) bond motifs is 2. The minimum atomic E-state index is -0.505. The highest BCUT2D eigenvalue weighted by Crippen LogP contribution is 2.46. The molecule has 4 aromatic rings. The van der Waals surface area contributed by atoms with Gasteiger partial charge in [-0.05, 0) is 29.4 Å². The van der Waals surface area contributed by atoms with Crippen molar-refractivity contribution in [3.05, 3.63) is 55.9 Å². The number of nitrogens with one attached hydrogen (secondary N) is 1. The van der Waals surface area contributed by atoms with Crippen LogP contribution in [0.3, 0.4) is 0 Å². The fraction of sp³-hybridized carbons (Fsp3) is 0.0588. The Labute approximate surface area is 154 Å². The minimum absolute atomic E-state index is 0.108. The standard InChI is InChI=1S/C17H11BrN4O4/c1-21-13-5-3-9(22(25)26)7-11(13)14(17(21)23)16-15(20-24)10-6-8(18)2-4-12(10)19-16/h2-7,19,23H,1H3. The van der Waals surface area contributed by atoms with Crippen molar-refractivity contribution in [3.8, 4) is 17.1 Å². The molecule has 0 radical (unpaired) electrons. The molecule has 130 valence electrons. The van der Waals surface area contributed by atoms with E-state index in [2.05, 4.69) is 26.1 Å². The fourth-order valence-corrected chi connectivity index (χ4v) is 3.57. The third-order valence-corrected chi connectivity index (χ3v) is 4.93. The van der Waals surface area contributed by atoms with Crippen LogP contribution in [0.1, 0.15) is 0 Å². The summed E-state index contributed by atoms with van der Waals surface area (Å²) in [6.07, 6.45) is 0. The van der Waals surface area contributed by atoms with Crippen molar-refractivity contribution in [2.24, 2.45) is 12.2 Å². The summed E-state index contributed by atoms with van der Waals surface area (Å²) < 4.78 is 2.28. The van der Waals surface area contributed by atoms with Crippen molar-refractivity contribution in [3.63, 3.8) is 0 Å². The van der Waals surface area contributed by atoms with Crippen LogP contribution in [-0.4, -0.2) is 19.6 Å². The third kappa shape index (κ3) is 2.21. The Bertz CT molecular complexity index is 1220. The first-order valence-electron chi connectivity index (χ1n) is 7.53. The number of aromatic hydroxyl groups is 1. The Morgan fingerprint density at radius 2 is 2.00 bits per heavy atom. The van der Waals surface area contributed by atoms with E-state index in [9.17, 15) is 20.1 Å². The largest absolute Gasteiger partial charge is 0.494 e. The van der Waals surface area contributed by atoms with E-state index < -0.39 is 4.92 Å². The van der Waals surface area contributed by atoms with Crippen LogP contribution in [0.2, 0.25) is 0 Å². The molecule has 8 nitrogen and oxygen atoms in total. The topological polar surface area (TPSA) is 114 Å². The number of rotatable bonds is 3.